The highest BCUT2D eigenvalue weighted by Crippen LogP contribution is 2.28. The van der Waals surface area contributed by atoms with E-state index in [0.717, 1.165) is 0 Å². The molecule has 0 spiro atoms. The zero-order valence-electron chi connectivity index (χ0n) is 11.2. The number of carbonyl (C=O) groups excluding carboxylic acids is 1. The predicted octanol–water partition coefficient (Wildman–Crippen LogP) is 1.85. The Morgan fingerprint density at radius 3 is 2.55 bits per heavy atom. The zero-order valence-corrected chi connectivity index (χ0v) is 11.2. The number of esters is 1. The Balaban J connectivity index is 2.13. The van der Waals surface area contributed by atoms with E-state index < -0.39 is 5.97 Å². The SMILES string of the molecule is COC(=O)c1ccc(OCc2ncccn2)c(OC)c1. The Kier molecular flexibility index (Phi) is 4.49. The van der Waals surface area contributed by atoms with Crippen molar-refractivity contribution in [2.75, 3.05) is 14.2 Å². The van der Waals surface area contributed by atoms with E-state index in [1.165, 1.54) is 14.2 Å². The first-order valence-corrected chi connectivity index (χ1v) is 5.89. The summed E-state index contributed by atoms with van der Waals surface area (Å²) in [7, 11) is 2.83. The molecule has 1 heterocycles. The van der Waals surface area contributed by atoms with Crippen LogP contribution in [-0.2, 0) is 11.3 Å². The van der Waals surface area contributed by atoms with Crippen LogP contribution >= 0.6 is 0 Å². The van der Waals surface area contributed by atoms with E-state index >= 15 is 0 Å². The number of benzene rings is 1. The van der Waals surface area contributed by atoms with Gasteiger partial charge in [0.15, 0.2) is 17.3 Å². The molecule has 0 radical (unpaired) electrons. The first kappa shape index (κ1) is 13.8. The molecular weight excluding hydrogens is 260 g/mol. The predicted molar refractivity (Wildman–Crippen MR) is 70.7 cm³/mol. The molecule has 0 aliphatic rings. The second kappa shape index (κ2) is 6.51. The minimum atomic E-state index is -0.429. The maximum absolute atomic E-state index is 11.4. The Bertz CT molecular complexity index is 587. The molecule has 0 unspecified atom stereocenters. The van der Waals surface area contributed by atoms with Gasteiger partial charge in [-0.25, -0.2) is 14.8 Å². The van der Waals surface area contributed by atoms with Gasteiger partial charge in [-0.1, -0.05) is 0 Å². The van der Waals surface area contributed by atoms with Crippen molar-refractivity contribution >= 4 is 5.97 Å². The molecule has 104 valence electrons. The average molecular weight is 274 g/mol. The van der Waals surface area contributed by atoms with Crippen molar-refractivity contribution in [2.45, 2.75) is 6.61 Å². The topological polar surface area (TPSA) is 70.5 Å². The molecular formula is C14H14N2O4. The van der Waals surface area contributed by atoms with Gasteiger partial charge in [-0.05, 0) is 24.3 Å². The summed E-state index contributed by atoms with van der Waals surface area (Å²) in [6, 6.07) is 6.55. The normalized spacial score (nSPS) is 9.90. The molecule has 0 atom stereocenters. The van der Waals surface area contributed by atoms with Crippen LogP contribution in [-0.4, -0.2) is 30.2 Å². The number of hydrogen-bond acceptors (Lipinski definition) is 6. The summed E-state index contributed by atoms with van der Waals surface area (Å²) in [5.74, 6) is 1.09. The van der Waals surface area contributed by atoms with E-state index in [2.05, 4.69) is 14.7 Å². The van der Waals surface area contributed by atoms with E-state index in [1.807, 2.05) is 0 Å². The van der Waals surface area contributed by atoms with Crippen molar-refractivity contribution in [3.8, 4) is 11.5 Å². The van der Waals surface area contributed by atoms with Crippen molar-refractivity contribution in [1.29, 1.82) is 0 Å². The molecule has 0 amide bonds. The molecule has 1 aromatic heterocycles. The van der Waals surface area contributed by atoms with Crippen LogP contribution in [0.5, 0.6) is 11.5 Å². The molecule has 0 fully saturated rings. The minimum absolute atomic E-state index is 0.217. The van der Waals surface area contributed by atoms with Gasteiger partial charge in [0.2, 0.25) is 0 Å². The lowest BCUT2D eigenvalue weighted by Gasteiger charge is -2.11. The average Bonchev–Trinajstić information content (AvgIpc) is 2.53. The van der Waals surface area contributed by atoms with Crippen LogP contribution < -0.4 is 9.47 Å². The van der Waals surface area contributed by atoms with Gasteiger partial charge in [-0.3, -0.25) is 0 Å². The van der Waals surface area contributed by atoms with Crippen molar-refractivity contribution in [3.63, 3.8) is 0 Å². The van der Waals surface area contributed by atoms with Gasteiger partial charge in [0.05, 0.1) is 19.8 Å². The molecule has 2 rings (SSSR count). The highest BCUT2D eigenvalue weighted by atomic mass is 16.5. The molecule has 0 saturated heterocycles. The van der Waals surface area contributed by atoms with Crippen molar-refractivity contribution in [1.82, 2.24) is 9.97 Å². The highest BCUT2D eigenvalue weighted by Gasteiger charge is 2.11. The Hall–Kier alpha value is -2.63. The Labute approximate surface area is 116 Å². The van der Waals surface area contributed by atoms with Crippen LogP contribution in [0.2, 0.25) is 0 Å². The van der Waals surface area contributed by atoms with Gasteiger partial charge in [-0.15, -0.1) is 0 Å². The van der Waals surface area contributed by atoms with Gasteiger partial charge in [0, 0.05) is 12.4 Å². The van der Waals surface area contributed by atoms with Gasteiger partial charge >= 0.3 is 5.97 Å². The Morgan fingerprint density at radius 1 is 1.15 bits per heavy atom. The van der Waals surface area contributed by atoms with Crippen LogP contribution in [0.3, 0.4) is 0 Å². The van der Waals surface area contributed by atoms with Crippen LogP contribution in [0.15, 0.2) is 36.7 Å². The summed E-state index contributed by atoms with van der Waals surface area (Å²) in [5.41, 5.74) is 0.396. The summed E-state index contributed by atoms with van der Waals surface area (Å²) in [6.45, 7) is 0.217. The number of methoxy groups -OCH3 is 2. The van der Waals surface area contributed by atoms with Crippen molar-refractivity contribution in [2.24, 2.45) is 0 Å². The lowest BCUT2D eigenvalue weighted by Crippen LogP contribution is -2.04. The second-order valence-electron chi connectivity index (χ2n) is 3.81. The fourth-order valence-corrected chi connectivity index (χ4v) is 1.58. The highest BCUT2D eigenvalue weighted by molar-refractivity contribution is 5.90. The summed E-state index contributed by atoms with van der Waals surface area (Å²) >= 11 is 0. The molecule has 1 aromatic carbocycles. The quantitative estimate of drug-likeness (QED) is 0.775. The summed E-state index contributed by atoms with van der Waals surface area (Å²) in [4.78, 5) is 19.5. The van der Waals surface area contributed by atoms with Gasteiger partial charge in [0.25, 0.3) is 0 Å². The summed E-state index contributed by atoms with van der Waals surface area (Å²) < 4.78 is 15.4. The molecule has 6 heteroatoms. The molecule has 20 heavy (non-hydrogen) atoms. The first-order chi connectivity index (χ1) is 9.74. The molecule has 0 aliphatic heterocycles. The number of rotatable bonds is 5. The molecule has 2 aromatic rings. The number of aromatic nitrogens is 2. The lowest BCUT2D eigenvalue weighted by atomic mass is 10.2. The van der Waals surface area contributed by atoms with E-state index in [4.69, 9.17) is 9.47 Å². The summed E-state index contributed by atoms with van der Waals surface area (Å²) in [5, 5.41) is 0. The fraction of sp³-hybridized carbons (Fsp3) is 0.214. The van der Waals surface area contributed by atoms with Crippen molar-refractivity contribution < 1.29 is 19.0 Å². The van der Waals surface area contributed by atoms with E-state index in [-0.39, 0.29) is 6.61 Å². The minimum Gasteiger partial charge on any atom is -0.493 e. The second-order valence-corrected chi connectivity index (χ2v) is 3.81. The number of nitrogens with zero attached hydrogens (tertiary/aromatic N) is 2. The van der Waals surface area contributed by atoms with Crippen LogP contribution in [0.25, 0.3) is 0 Å². The largest absolute Gasteiger partial charge is 0.493 e. The third-order valence-electron chi connectivity index (χ3n) is 2.56. The van der Waals surface area contributed by atoms with Crippen LogP contribution in [0.1, 0.15) is 16.2 Å². The summed E-state index contributed by atoms with van der Waals surface area (Å²) in [6.07, 6.45) is 3.28. The standard InChI is InChI=1S/C14H14N2O4/c1-18-12-8-10(14(17)19-2)4-5-11(12)20-9-13-15-6-3-7-16-13/h3-8H,9H2,1-2H3. The Morgan fingerprint density at radius 2 is 1.90 bits per heavy atom. The van der Waals surface area contributed by atoms with Gasteiger partial charge < -0.3 is 14.2 Å². The number of ether oxygens (including phenoxy) is 3. The molecule has 0 aliphatic carbocycles. The zero-order chi connectivity index (χ0) is 14.4. The molecule has 0 N–H and O–H groups in total. The monoisotopic (exact) mass is 274 g/mol. The number of carbonyl (C=O) groups is 1. The van der Waals surface area contributed by atoms with Gasteiger partial charge in [-0.2, -0.15) is 0 Å². The van der Waals surface area contributed by atoms with Crippen molar-refractivity contribution in [3.05, 3.63) is 48.0 Å². The van der Waals surface area contributed by atoms with Gasteiger partial charge in [0.1, 0.15) is 6.61 Å². The first-order valence-electron chi connectivity index (χ1n) is 5.89. The fourth-order valence-electron chi connectivity index (χ4n) is 1.58. The van der Waals surface area contributed by atoms with Crippen LogP contribution in [0.4, 0.5) is 0 Å². The van der Waals surface area contributed by atoms with E-state index in [9.17, 15) is 4.79 Å². The third-order valence-corrected chi connectivity index (χ3v) is 2.56. The van der Waals surface area contributed by atoms with Crippen LogP contribution in [0, 0.1) is 0 Å². The molecule has 0 bridgehead atoms. The van der Waals surface area contributed by atoms with E-state index in [1.54, 1.807) is 36.7 Å². The maximum Gasteiger partial charge on any atom is 0.337 e. The molecule has 0 saturated carbocycles. The number of hydrogen-bond donors (Lipinski definition) is 0. The smallest absolute Gasteiger partial charge is 0.337 e. The maximum atomic E-state index is 11.4. The molecule has 6 nitrogen and oxygen atoms in total. The lowest BCUT2D eigenvalue weighted by molar-refractivity contribution is 0.0600. The van der Waals surface area contributed by atoms with E-state index in [0.29, 0.717) is 22.9 Å². The third kappa shape index (κ3) is 3.23.